The van der Waals surface area contributed by atoms with Gasteiger partial charge in [0.1, 0.15) is 0 Å². The van der Waals surface area contributed by atoms with Gasteiger partial charge in [-0.1, -0.05) is 30.3 Å². The lowest BCUT2D eigenvalue weighted by atomic mass is 10.1. The Morgan fingerprint density at radius 3 is 2.69 bits per heavy atom. The number of amides is 1. The SMILES string of the molecule is COc1ccc(C=CC(=O)Nc2cccc3ccn(Cc4ccc(-n5ccnc5)cc4)c23)cc1O. The number of hydrogen-bond donors (Lipinski definition) is 2. The zero-order valence-electron chi connectivity index (χ0n) is 19.1. The van der Waals surface area contributed by atoms with E-state index in [0.717, 1.165) is 27.8 Å². The fourth-order valence-electron chi connectivity index (χ4n) is 4.03. The van der Waals surface area contributed by atoms with Crippen molar-refractivity contribution in [1.82, 2.24) is 14.1 Å². The molecule has 0 radical (unpaired) electrons. The van der Waals surface area contributed by atoms with E-state index in [0.29, 0.717) is 17.9 Å². The number of nitrogens with zero attached hydrogens (tertiary/aromatic N) is 3. The summed E-state index contributed by atoms with van der Waals surface area (Å²) in [5.74, 6) is 0.149. The molecule has 7 heteroatoms. The van der Waals surface area contributed by atoms with E-state index in [4.69, 9.17) is 4.74 Å². The molecule has 174 valence electrons. The number of anilines is 1. The number of phenolic OH excluding ortho intramolecular Hbond substituents is 1. The first-order valence-electron chi connectivity index (χ1n) is 11.1. The van der Waals surface area contributed by atoms with E-state index in [2.05, 4.69) is 39.1 Å². The Kier molecular flexibility index (Phi) is 6.05. The van der Waals surface area contributed by atoms with Crippen LogP contribution in [0.2, 0.25) is 0 Å². The maximum atomic E-state index is 12.7. The molecule has 1 amide bonds. The first-order chi connectivity index (χ1) is 17.1. The zero-order valence-corrected chi connectivity index (χ0v) is 19.1. The number of fused-ring (bicyclic) bond motifs is 1. The molecule has 5 rings (SSSR count). The second-order valence-electron chi connectivity index (χ2n) is 8.08. The van der Waals surface area contributed by atoms with Gasteiger partial charge in [0.05, 0.1) is 24.6 Å². The molecule has 0 aliphatic heterocycles. The number of imidazole rings is 1. The van der Waals surface area contributed by atoms with Crippen LogP contribution in [0.25, 0.3) is 22.7 Å². The van der Waals surface area contributed by atoms with Crippen LogP contribution in [0.5, 0.6) is 11.5 Å². The van der Waals surface area contributed by atoms with Gasteiger partial charge in [-0.25, -0.2) is 4.98 Å². The minimum Gasteiger partial charge on any atom is -0.504 e. The number of methoxy groups -OCH3 is 1. The molecule has 35 heavy (non-hydrogen) atoms. The van der Waals surface area contributed by atoms with E-state index in [1.165, 1.54) is 13.2 Å². The lowest BCUT2D eigenvalue weighted by Crippen LogP contribution is -2.09. The number of phenols is 1. The van der Waals surface area contributed by atoms with Crippen molar-refractivity contribution in [2.45, 2.75) is 6.54 Å². The van der Waals surface area contributed by atoms with Crippen LogP contribution in [0.4, 0.5) is 5.69 Å². The van der Waals surface area contributed by atoms with Crippen LogP contribution >= 0.6 is 0 Å². The summed E-state index contributed by atoms with van der Waals surface area (Å²) in [5, 5.41) is 14.0. The Bertz CT molecular complexity index is 1500. The van der Waals surface area contributed by atoms with Crippen molar-refractivity contribution in [3.63, 3.8) is 0 Å². The number of rotatable bonds is 7. The standard InChI is InChI=1S/C28H24N4O3/c1-35-26-11-7-20(17-25(26)33)8-12-27(34)30-24-4-2-3-22-13-15-31(28(22)24)18-21-5-9-23(10-6-21)32-16-14-29-19-32/h2-17,19,33H,18H2,1H3,(H,30,34). The number of carbonyl (C=O) groups is 1. The summed E-state index contributed by atoms with van der Waals surface area (Å²) in [6.07, 6.45) is 10.6. The van der Waals surface area contributed by atoms with Crippen molar-refractivity contribution < 1.29 is 14.6 Å². The van der Waals surface area contributed by atoms with Gasteiger partial charge in [0.15, 0.2) is 11.5 Å². The van der Waals surface area contributed by atoms with Crippen molar-refractivity contribution in [3.8, 4) is 17.2 Å². The Hall–Kier alpha value is -4.78. The lowest BCUT2D eigenvalue weighted by molar-refractivity contribution is -0.111. The molecule has 7 nitrogen and oxygen atoms in total. The minimum absolute atomic E-state index is 0.0238. The Balaban J connectivity index is 1.34. The maximum Gasteiger partial charge on any atom is 0.248 e. The monoisotopic (exact) mass is 464 g/mol. The van der Waals surface area contributed by atoms with Gasteiger partial charge in [-0.3, -0.25) is 4.79 Å². The molecule has 0 saturated carbocycles. The van der Waals surface area contributed by atoms with E-state index < -0.39 is 0 Å². The summed E-state index contributed by atoms with van der Waals surface area (Å²) < 4.78 is 9.14. The largest absolute Gasteiger partial charge is 0.504 e. The summed E-state index contributed by atoms with van der Waals surface area (Å²) >= 11 is 0. The predicted octanol–water partition coefficient (Wildman–Crippen LogP) is 5.24. The molecule has 0 aliphatic rings. The van der Waals surface area contributed by atoms with Gasteiger partial charge >= 0.3 is 0 Å². The lowest BCUT2D eigenvalue weighted by Gasteiger charge is -2.11. The van der Waals surface area contributed by atoms with Crippen LogP contribution in [0.1, 0.15) is 11.1 Å². The highest BCUT2D eigenvalue weighted by Gasteiger charge is 2.10. The van der Waals surface area contributed by atoms with Crippen LogP contribution in [-0.4, -0.2) is 32.2 Å². The number of nitrogens with one attached hydrogen (secondary N) is 1. The fraction of sp³-hybridized carbons (Fsp3) is 0.0714. The first-order valence-corrected chi connectivity index (χ1v) is 11.1. The molecular weight excluding hydrogens is 440 g/mol. The van der Waals surface area contributed by atoms with Crippen LogP contribution in [0, 0.1) is 0 Å². The van der Waals surface area contributed by atoms with Crippen molar-refractivity contribution in [1.29, 1.82) is 0 Å². The minimum atomic E-state index is -0.259. The molecule has 0 unspecified atom stereocenters. The molecule has 3 aromatic carbocycles. The maximum absolute atomic E-state index is 12.7. The summed E-state index contributed by atoms with van der Waals surface area (Å²) in [6, 6.07) is 21.2. The van der Waals surface area contributed by atoms with Gasteiger partial charge in [0.25, 0.3) is 0 Å². The number of carbonyl (C=O) groups excluding carboxylic acids is 1. The Morgan fingerprint density at radius 1 is 1.09 bits per heavy atom. The van der Waals surface area contributed by atoms with Crippen LogP contribution in [0.15, 0.2) is 97.7 Å². The van der Waals surface area contributed by atoms with Gasteiger partial charge in [0.2, 0.25) is 5.91 Å². The van der Waals surface area contributed by atoms with Crippen molar-refractivity contribution >= 4 is 28.6 Å². The molecule has 2 heterocycles. The molecule has 0 aliphatic carbocycles. The number of ether oxygens (including phenoxy) is 1. The summed E-state index contributed by atoms with van der Waals surface area (Å²) in [6.45, 7) is 0.668. The average Bonchev–Trinajstić information content (AvgIpc) is 3.55. The third-order valence-corrected chi connectivity index (χ3v) is 5.77. The quantitative estimate of drug-likeness (QED) is 0.323. The number of benzene rings is 3. The molecule has 0 atom stereocenters. The number of aromatic nitrogens is 3. The zero-order chi connectivity index (χ0) is 24.2. The Morgan fingerprint density at radius 2 is 1.94 bits per heavy atom. The van der Waals surface area contributed by atoms with E-state index in [1.807, 2.05) is 41.2 Å². The molecule has 2 N–H and O–H groups in total. The van der Waals surface area contributed by atoms with E-state index in [9.17, 15) is 9.90 Å². The van der Waals surface area contributed by atoms with Gasteiger partial charge in [-0.2, -0.15) is 0 Å². The summed E-state index contributed by atoms with van der Waals surface area (Å²) in [5.41, 5.74) is 4.57. The molecule has 0 saturated heterocycles. The first kappa shape index (κ1) is 22.0. The van der Waals surface area contributed by atoms with Crippen molar-refractivity contribution in [3.05, 3.63) is 109 Å². The summed E-state index contributed by atoms with van der Waals surface area (Å²) in [4.78, 5) is 16.8. The molecule has 0 fully saturated rings. The van der Waals surface area contributed by atoms with Gasteiger partial charge in [-0.15, -0.1) is 0 Å². The molecule has 5 aromatic rings. The number of para-hydroxylation sites is 1. The predicted molar refractivity (Wildman–Crippen MR) is 137 cm³/mol. The smallest absolute Gasteiger partial charge is 0.248 e. The molecule has 0 spiro atoms. The third-order valence-electron chi connectivity index (χ3n) is 5.77. The highest BCUT2D eigenvalue weighted by Crippen LogP contribution is 2.28. The fourth-order valence-corrected chi connectivity index (χ4v) is 4.03. The van der Waals surface area contributed by atoms with Crippen LogP contribution in [0.3, 0.4) is 0 Å². The number of hydrogen-bond acceptors (Lipinski definition) is 4. The highest BCUT2D eigenvalue weighted by molar-refractivity contribution is 6.06. The normalized spacial score (nSPS) is 11.2. The molecule has 2 aromatic heterocycles. The van der Waals surface area contributed by atoms with Gasteiger partial charge < -0.3 is 24.3 Å². The van der Waals surface area contributed by atoms with Crippen LogP contribution < -0.4 is 10.1 Å². The second kappa shape index (κ2) is 9.61. The number of aromatic hydroxyl groups is 1. The average molecular weight is 465 g/mol. The molecule has 0 bridgehead atoms. The summed E-state index contributed by atoms with van der Waals surface area (Å²) in [7, 11) is 1.49. The van der Waals surface area contributed by atoms with Crippen LogP contribution in [-0.2, 0) is 11.3 Å². The second-order valence-corrected chi connectivity index (χ2v) is 8.08. The van der Waals surface area contributed by atoms with E-state index >= 15 is 0 Å². The van der Waals surface area contributed by atoms with Crippen molar-refractivity contribution in [2.75, 3.05) is 12.4 Å². The molecular formula is C28H24N4O3. The third kappa shape index (κ3) is 4.79. The highest BCUT2D eigenvalue weighted by atomic mass is 16.5. The Labute approximate surface area is 202 Å². The van der Waals surface area contributed by atoms with Crippen molar-refractivity contribution in [2.24, 2.45) is 0 Å². The van der Waals surface area contributed by atoms with E-state index in [-0.39, 0.29) is 11.7 Å². The van der Waals surface area contributed by atoms with Gasteiger partial charge in [-0.05, 0) is 53.6 Å². The topological polar surface area (TPSA) is 81.3 Å². The van der Waals surface area contributed by atoms with E-state index in [1.54, 1.807) is 36.8 Å². The van der Waals surface area contributed by atoms with Gasteiger partial charge in [0, 0.05) is 42.3 Å².